The van der Waals surface area contributed by atoms with Gasteiger partial charge in [-0.1, -0.05) is 19.1 Å². The Labute approximate surface area is 107 Å². The molecule has 1 unspecified atom stereocenters. The molecule has 0 aliphatic rings. The zero-order valence-corrected chi connectivity index (χ0v) is 11.2. The van der Waals surface area contributed by atoms with Gasteiger partial charge in [0.15, 0.2) is 18.6 Å². The van der Waals surface area contributed by atoms with Crippen molar-refractivity contribution in [2.45, 2.75) is 13.3 Å². The average Bonchev–Trinajstić information content (AvgIpc) is 2.35. The Morgan fingerprint density at radius 2 is 2.06 bits per heavy atom. The van der Waals surface area contributed by atoms with E-state index in [2.05, 4.69) is 30.3 Å². The van der Waals surface area contributed by atoms with E-state index < -0.39 is 7.82 Å². The van der Waals surface area contributed by atoms with Gasteiger partial charge in [0, 0.05) is 12.1 Å². The van der Waals surface area contributed by atoms with Crippen LogP contribution in [-0.4, -0.2) is 11.5 Å². The highest BCUT2D eigenvalue weighted by atomic mass is 31.2. The van der Waals surface area contributed by atoms with Gasteiger partial charge in [0.1, 0.15) is 0 Å². The molecular formula is C12H18NO4P. The van der Waals surface area contributed by atoms with Gasteiger partial charge in [-0.3, -0.25) is 4.57 Å². The number of pyridine rings is 1. The minimum absolute atomic E-state index is 0.183. The Balaban J connectivity index is 0.000000331. The molecule has 5 nitrogen and oxygen atoms in total. The van der Waals surface area contributed by atoms with E-state index in [1.54, 1.807) is 0 Å². The van der Waals surface area contributed by atoms with E-state index >= 15 is 0 Å². The first kappa shape index (κ1) is 16.7. The summed E-state index contributed by atoms with van der Waals surface area (Å²) >= 11 is 0. The summed E-state index contributed by atoms with van der Waals surface area (Å²) in [5, 5.41) is 0. The monoisotopic (exact) mass is 271 g/mol. The van der Waals surface area contributed by atoms with Crippen molar-refractivity contribution < 1.29 is 23.4 Å². The molecule has 0 bridgehead atoms. The molecule has 0 amide bonds. The van der Waals surface area contributed by atoms with Gasteiger partial charge in [-0.15, -0.1) is 6.58 Å². The van der Waals surface area contributed by atoms with E-state index in [-0.39, 0.29) is 6.61 Å². The van der Waals surface area contributed by atoms with E-state index in [4.69, 9.17) is 4.89 Å². The molecule has 0 spiro atoms. The van der Waals surface area contributed by atoms with Crippen LogP contribution in [0.4, 0.5) is 0 Å². The lowest BCUT2D eigenvalue weighted by Gasteiger charge is -2.12. The van der Waals surface area contributed by atoms with Crippen LogP contribution in [0.3, 0.4) is 0 Å². The predicted octanol–water partition coefficient (Wildman–Crippen LogP) is 1.50. The lowest BCUT2D eigenvalue weighted by atomic mass is 10.4. The number of aromatic nitrogens is 1. The molecule has 0 fully saturated rings. The Kier molecular flexibility index (Phi) is 9.06. The summed E-state index contributed by atoms with van der Waals surface area (Å²) < 4.78 is 15.6. The average molecular weight is 271 g/mol. The largest absolute Gasteiger partial charge is 0.756 e. The standard InChI is InChI=1S/C9H12N.C3H7O4P/c1-2-3-7-10-8-5-4-6-9-10;1-2-3-7-8(4,5)6/h3-9H,2H2,1H3;2H,1,3H2,(H2,4,5,6)/q+1;/p-1. The van der Waals surface area contributed by atoms with Crippen LogP contribution >= 0.6 is 7.82 Å². The topological polar surface area (TPSA) is 73.5 Å². The molecule has 0 saturated heterocycles. The van der Waals surface area contributed by atoms with E-state index in [9.17, 15) is 9.46 Å². The molecule has 0 saturated carbocycles. The number of nitrogens with zero attached hydrogens (tertiary/aromatic N) is 1. The molecule has 0 aliphatic carbocycles. The third-order valence-corrected chi connectivity index (χ3v) is 2.08. The van der Waals surface area contributed by atoms with E-state index in [1.165, 1.54) is 6.08 Å². The van der Waals surface area contributed by atoms with Crippen molar-refractivity contribution in [2.75, 3.05) is 6.61 Å². The summed E-state index contributed by atoms with van der Waals surface area (Å²) in [5.41, 5.74) is 0. The molecular weight excluding hydrogens is 253 g/mol. The van der Waals surface area contributed by atoms with Crippen molar-refractivity contribution in [1.29, 1.82) is 0 Å². The normalized spacial score (nSPS) is 13.5. The lowest BCUT2D eigenvalue weighted by molar-refractivity contribution is -0.568. The number of allylic oxidation sites excluding steroid dienone is 1. The molecule has 18 heavy (non-hydrogen) atoms. The number of phosphoric ester groups is 1. The van der Waals surface area contributed by atoms with Crippen molar-refractivity contribution >= 4 is 14.0 Å². The van der Waals surface area contributed by atoms with Crippen LogP contribution in [0.5, 0.6) is 0 Å². The zero-order chi connectivity index (χ0) is 13.9. The van der Waals surface area contributed by atoms with E-state index in [0.717, 1.165) is 6.42 Å². The van der Waals surface area contributed by atoms with Gasteiger partial charge in [-0.2, -0.15) is 4.57 Å². The second kappa shape index (κ2) is 9.74. The van der Waals surface area contributed by atoms with Crippen molar-refractivity contribution in [3.63, 3.8) is 0 Å². The molecule has 1 atom stereocenters. The van der Waals surface area contributed by atoms with Gasteiger partial charge in [0.25, 0.3) is 7.82 Å². The van der Waals surface area contributed by atoms with Gasteiger partial charge in [0.05, 0.1) is 6.61 Å². The second-order valence-electron chi connectivity index (χ2n) is 3.17. The zero-order valence-electron chi connectivity index (χ0n) is 10.3. The van der Waals surface area contributed by atoms with Crippen molar-refractivity contribution in [2.24, 2.45) is 0 Å². The fourth-order valence-corrected chi connectivity index (χ4v) is 1.18. The number of hydrogen-bond acceptors (Lipinski definition) is 3. The quantitative estimate of drug-likeness (QED) is 0.500. The minimum Gasteiger partial charge on any atom is -0.756 e. The first-order valence-corrected chi connectivity index (χ1v) is 6.90. The van der Waals surface area contributed by atoms with Crippen LogP contribution in [0.1, 0.15) is 13.3 Å². The maximum Gasteiger partial charge on any atom is 0.265 e. The van der Waals surface area contributed by atoms with E-state index in [0.29, 0.717) is 0 Å². The molecule has 0 aliphatic heterocycles. The third-order valence-electron chi connectivity index (χ3n) is 1.61. The number of rotatable bonds is 5. The molecule has 0 radical (unpaired) electrons. The minimum atomic E-state index is -4.50. The first-order valence-electron chi connectivity index (χ1n) is 5.41. The van der Waals surface area contributed by atoms with Crippen LogP contribution in [0, 0.1) is 0 Å². The van der Waals surface area contributed by atoms with Crippen molar-refractivity contribution in [3.8, 4) is 0 Å². The molecule has 1 heterocycles. The van der Waals surface area contributed by atoms with Crippen LogP contribution in [-0.2, 0) is 9.09 Å². The smallest absolute Gasteiger partial charge is 0.265 e. The lowest BCUT2D eigenvalue weighted by Crippen LogP contribution is -2.23. The van der Waals surface area contributed by atoms with Crippen LogP contribution in [0.15, 0.2) is 49.3 Å². The van der Waals surface area contributed by atoms with Crippen LogP contribution < -0.4 is 9.46 Å². The summed E-state index contributed by atoms with van der Waals surface area (Å²) in [6, 6.07) is 6.04. The highest BCUT2D eigenvalue weighted by Gasteiger charge is 1.96. The maximum atomic E-state index is 9.70. The van der Waals surface area contributed by atoms with Gasteiger partial charge in [-0.25, -0.2) is 0 Å². The Hall–Kier alpha value is -1.26. The van der Waals surface area contributed by atoms with Crippen LogP contribution in [0.25, 0.3) is 6.20 Å². The summed E-state index contributed by atoms with van der Waals surface area (Å²) in [4.78, 5) is 17.6. The van der Waals surface area contributed by atoms with Gasteiger partial charge in [-0.05, 0) is 12.5 Å². The maximum absolute atomic E-state index is 9.70. The fourth-order valence-electron chi connectivity index (χ4n) is 0.885. The second-order valence-corrected chi connectivity index (χ2v) is 4.36. The molecule has 1 aromatic rings. The Morgan fingerprint density at radius 3 is 2.44 bits per heavy atom. The third kappa shape index (κ3) is 11.2. The summed E-state index contributed by atoms with van der Waals surface area (Å²) in [6.07, 6.45) is 10.5. The van der Waals surface area contributed by atoms with Crippen molar-refractivity contribution in [3.05, 3.63) is 49.3 Å². The summed E-state index contributed by atoms with van der Waals surface area (Å²) in [5.74, 6) is 0. The Morgan fingerprint density at radius 1 is 1.44 bits per heavy atom. The molecule has 1 rings (SSSR count). The number of hydrogen-bond donors (Lipinski definition) is 1. The molecule has 100 valence electrons. The fraction of sp³-hybridized carbons (Fsp3) is 0.250. The first-order chi connectivity index (χ1) is 8.49. The van der Waals surface area contributed by atoms with Gasteiger partial charge in [0.2, 0.25) is 0 Å². The van der Waals surface area contributed by atoms with Gasteiger partial charge < -0.3 is 14.3 Å². The predicted molar refractivity (Wildman–Crippen MR) is 68.2 cm³/mol. The molecule has 1 N–H and O–H groups in total. The highest BCUT2D eigenvalue weighted by molar-refractivity contribution is 7.44. The van der Waals surface area contributed by atoms with Crippen molar-refractivity contribution in [1.82, 2.24) is 0 Å². The van der Waals surface area contributed by atoms with Gasteiger partial charge >= 0.3 is 0 Å². The van der Waals surface area contributed by atoms with Crippen LogP contribution in [0.2, 0.25) is 0 Å². The Bertz CT molecular complexity index is 400. The molecule has 0 aromatic carbocycles. The summed E-state index contributed by atoms with van der Waals surface area (Å²) in [7, 11) is -4.50. The molecule has 6 heteroatoms. The highest BCUT2D eigenvalue weighted by Crippen LogP contribution is 2.29. The number of phosphoric acid groups is 1. The summed E-state index contributed by atoms with van der Waals surface area (Å²) in [6.45, 7) is 5.11. The molecule has 1 aromatic heterocycles. The van der Waals surface area contributed by atoms with E-state index in [1.807, 2.05) is 35.2 Å². The SMILES string of the molecule is C=CCOP(=O)([O-])O.CCC=C[n+]1ccccc1.